The number of anilines is 1. The van der Waals surface area contributed by atoms with E-state index in [1.807, 2.05) is 75.4 Å². The van der Waals surface area contributed by atoms with Gasteiger partial charge >= 0.3 is 5.97 Å². The van der Waals surface area contributed by atoms with Gasteiger partial charge in [0.15, 0.2) is 0 Å². The SMILES string of the molecule is CCOC(=O)C(C)(C)[C@@H](Nc1ccc(OC)cc1)c1ccccc1. The average Bonchev–Trinajstić information content (AvgIpc) is 2.61. The van der Waals surface area contributed by atoms with E-state index in [9.17, 15) is 4.79 Å². The molecule has 2 aromatic rings. The van der Waals surface area contributed by atoms with Crippen molar-refractivity contribution < 1.29 is 14.3 Å². The molecule has 0 aliphatic carbocycles. The van der Waals surface area contributed by atoms with Crippen LogP contribution in [-0.2, 0) is 9.53 Å². The van der Waals surface area contributed by atoms with E-state index in [1.54, 1.807) is 7.11 Å². The molecule has 0 saturated carbocycles. The maximum atomic E-state index is 12.5. The van der Waals surface area contributed by atoms with Crippen molar-refractivity contribution in [3.8, 4) is 5.75 Å². The number of benzene rings is 2. The van der Waals surface area contributed by atoms with Crippen LogP contribution in [0.25, 0.3) is 0 Å². The van der Waals surface area contributed by atoms with Gasteiger partial charge in [-0.2, -0.15) is 0 Å². The molecule has 0 amide bonds. The second-order valence-electron chi connectivity index (χ2n) is 6.16. The van der Waals surface area contributed by atoms with E-state index >= 15 is 0 Å². The third kappa shape index (κ3) is 4.07. The fourth-order valence-corrected chi connectivity index (χ4v) is 2.61. The number of methoxy groups -OCH3 is 1. The summed E-state index contributed by atoms with van der Waals surface area (Å²) in [6.45, 7) is 5.99. The molecule has 0 bridgehead atoms. The van der Waals surface area contributed by atoms with Crippen LogP contribution in [0.4, 0.5) is 5.69 Å². The predicted octanol–water partition coefficient (Wildman–Crippen LogP) is 4.44. The zero-order valence-electron chi connectivity index (χ0n) is 14.7. The van der Waals surface area contributed by atoms with E-state index in [4.69, 9.17) is 9.47 Å². The molecule has 4 heteroatoms. The first-order valence-electron chi connectivity index (χ1n) is 8.11. The highest BCUT2D eigenvalue weighted by Gasteiger charge is 2.39. The molecular weight excluding hydrogens is 302 g/mol. The average molecular weight is 327 g/mol. The van der Waals surface area contributed by atoms with Crippen LogP contribution in [0.3, 0.4) is 0 Å². The van der Waals surface area contributed by atoms with Gasteiger partial charge in [0.05, 0.1) is 25.2 Å². The molecule has 0 fully saturated rings. The largest absolute Gasteiger partial charge is 0.497 e. The summed E-state index contributed by atoms with van der Waals surface area (Å²) in [4.78, 5) is 12.5. The molecule has 0 spiro atoms. The quantitative estimate of drug-likeness (QED) is 0.764. The number of ether oxygens (including phenoxy) is 2. The van der Waals surface area contributed by atoms with Crippen molar-refractivity contribution in [1.82, 2.24) is 0 Å². The topological polar surface area (TPSA) is 47.6 Å². The first-order valence-corrected chi connectivity index (χ1v) is 8.11. The summed E-state index contributed by atoms with van der Waals surface area (Å²) in [5.74, 6) is 0.571. The summed E-state index contributed by atoms with van der Waals surface area (Å²) < 4.78 is 10.5. The van der Waals surface area contributed by atoms with Gasteiger partial charge in [0, 0.05) is 5.69 Å². The molecule has 1 N–H and O–H groups in total. The summed E-state index contributed by atoms with van der Waals surface area (Å²) in [5.41, 5.74) is 1.23. The molecule has 2 aromatic carbocycles. The van der Waals surface area contributed by atoms with Gasteiger partial charge in [-0.05, 0) is 50.6 Å². The van der Waals surface area contributed by atoms with Crippen molar-refractivity contribution in [2.24, 2.45) is 5.41 Å². The minimum atomic E-state index is -0.725. The highest BCUT2D eigenvalue weighted by molar-refractivity contribution is 5.78. The fraction of sp³-hybridized carbons (Fsp3) is 0.350. The Morgan fingerprint density at radius 3 is 2.25 bits per heavy atom. The molecular formula is C20H25NO3. The monoisotopic (exact) mass is 327 g/mol. The van der Waals surface area contributed by atoms with Crippen LogP contribution in [0.2, 0.25) is 0 Å². The predicted molar refractivity (Wildman–Crippen MR) is 96.2 cm³/mol. The lowest BCUT2D eigenvalue weighted by Crippen LogP contribution is -2.37. The molecule has 0 aliphatic rings. The van der Waals surface area contributed by atoms with Crippen molar-refractivity contribution in [3.63, 3.8) is 0 Å². The third-order valence-corrected chi connectivity index (χ3v) is 4.06. The Morgan fingerprint density at radius 2 is 1.71 bits per heavy atom. The van der Waals surface area contributed by atoms with E-state index < -0.39 is 5.41 Å². The number of rotatable bonds is 7. The normalized spacial score (nSPS) is 12.3. The number of carbonyl (C=O) groups excluding carboxylic acids is 1. The van der Waals surface area contributed by atoms with E-state index in [0.29, 0.717) is 6.61 Å². The van der Waals surface area contributed by atoms with Gasteiger partial charge in [-0.1, -0.05) is 30.3 Å². The van der Waals surface area contributed by atoms with E-state index in [1.165, 1.54) is 0 Å². The molecule has 24 heavy (non-hydrogen) atoms. The number of hydrogen-bond acceptors (Lipinski definition) is 4. The van der Waals surface area contributed by atoms with Crippen LogP contribution in [0, 0.1) is 5.41 Å². The molecule has 0 aliphatic heterocycles. The van der Waals surface area contributed by atoms with Crippen molar-refractivity contribution in [1.29, 1.82) is 0 Å². The van der Waals surface area contributed by atoms with Crippen molar-refractivity contribution in [2.45, 2.75) is 26.8 Å². The summed E-state index contributed by atoms with van der Waals surface area (Å²) in [6, 6.07) is 17.4. The Morgan fingerprint density at radius 1 is 1.08 bits per heavy atom. The Labute approximate surface area is 143 Å². The van der Waals surface area contributed by atoms with Gasteiger partial charge in [-0.15, -0.1) is 0 Å². The molecule has 0 unspecified atom stereocenters. The van der Waals surface area contributed by atoms with Gasteiger partial charge in [-0.3, -0.25) is 4.79 Å². The first kappa shape index (κ1) is 17.9. The number of esters is 1. The highest BCUT2D eigenvalue weighted by Crippen LogP contribution is 2.37. The standard InChI is InChI=1S/C20H25NO3/c1-5-24-19(22)20(2,3)18(15-9-7-6-8-10-15)21-16-11-13-17(23-4)14-12-16/h6-14,18,21H,5H2,1-4H3/t18-/m0/s1. The molecule has 2 rings (SSSR count). The van der Waals surface area contributed by atoms with Crippen LogP contribution < -0.4 is 10.1 Å². The van der Waals surface area contributed by atoms with Crippen molar-refractivity contribution in [2.75, 3.05) is 19.0 Å². The van der Waals surface area contributed by atoms with E-state index in [2.05, 4.69) is 5.32 Å². The smallest absolute Gasteiger partial charge is 0.313 e. The zero-order chi connectivity index (χ0) is 17.6. The Balaban J connectivity index is 2.34. The third-order valence-electron chi connectivity index (χ3n) is 4.06. The van der Waals surface area contributed by atoms with Crippen molar-refractivity contribution in [3.05, 3.63) is 60.2 Å². The van der Waals surface area contributed by atoms with Crippen LogP contribution in [0.15, 0.2) is 54.6 Å². The van der Waals surface area contributed by atoms with Gasteiger partial charge in [0.25, 0.3) is 0 Å². The fourth-order valence-electron chi connectivity index (χ4n) is 2.61. The minimum absolute atomic E-state index is 0.217. The molecule has 0 heterocycles. The summed E-state index contributed by atoms with van der Waals surface area (Å²) in [7, 11) is 1.64. The van der Waals surface area contributed by atoms with Gasteiger partial charge in [0.2, 0.25) is 0 Å². The van der Waals surface area contributed by atoms with Crippen LogP contribution in [0.1, 0.15) is 32.4 Å². The lowest BCUT2D eigenvalue weighted by Gasteiger charge is -2.34. The highest BCUT2D eigenvalue weighted by atomic mass is 16.5. The molecule has 4 nitrogen and oxygen atoms in total. The van der Waals surface area contributed by atoms with Crippen LogP contribution in [0.5, 0.6) is 5.75 Å². The summed E-state index contributed by atoms with van der Waals surface area (Å²) in [6.07, 6.45) is 0. The maximum Gasteiger partial charge on any atom is 0.313 e. The number of hydrogen-bond donors (Lipinski definition) is 1. The second-order valence-corrected chi connectivity index (χ2v) is 6.16. The molecule has 0 saturated heterocycles. The number of carbonyl (C=O) groups is 1. The lowest BCUT2D eigenvalue weighted by atomic mass is 9.80. The zero-order valence-corrected chi connectivity index (χ0v) is 14.7. The van der Waals surface area contributed by atoms with Gasteiger partial charge in [-0.25, -0.2) is 0 Å². The summed E-state index contributed by atoms with van der Waals surface area (Å²) in [5, 5.41) is 3.47. The molecule has 0 aromatic heterocycles. The molecule has 0 radical (unpaired) electrons. The van der Waals surface area contributed by atoms with Crippen LogP contribution >= 0.6 is 0 Å². The number of nitrogens with one attached hydrogen (secondary N) is 1. The maximum absolute atomic E-state index is 12.5. The van der Waals surface area contributed by atoms with Crippen LogP contribution in [-0.4, -0.2) is 19.7 Å². The van der Waals surface area contributed by atoms with E-state index in [-0.39, 0.29) is 12.0 Å². The molecule has 1 atom stereocenters. The Bertz CT molecular complexity index is 650. The Kier molecular flexibility index (Phi) is 5.85. The first-order chi connectivity index (χ1) is 11.5. The van der Waals surface area contributed by atoms with E-state index in [0.717, 1.165) is 17.0 Å². The van der Waals surface area contributed by atoms with Gasteiger partial charge in [0.1, 0.15) is 5.75 Å². The Hall–Kier alpha value is -2.49. The second kappa shape index (κ2) is 7.86. The lowest BCUT2D eigenvalue weighted by molar-refractivity contribution is -0.154. The van der Waals surface area contributed by atoms with Crippen molar-refractivity contribution >= 4 is 11.7 Å². The molecule has 128 valence electrons. The minimum Gasteiger partial charge on any atom is -0.497 e. The van der Waals surface area contributed by atoms with Gasteiger partial charge < -0.3 is 14.8 Å². The summed E-state index contributed by atoms with van der Waals surface area (Å²) >= 11 is 0.